The molecular weight excluding hydrogens is 252 g/mol. The fraction of sp³-hybridized carbons (Fsp3) is 0.200. The average molecular weight is 268 g/mol. The van der Waals surface area contributed by atoms with E-state index in [4.69, 9.17) is 10.5 Å². The molecule has 2 aromatic heterocycles. The van der Waals surface area contributed by atoms with Crippen LogP contribution in [0.2, 0.25) is 0 Å². The SMILES string of the molecule is CC(C)Oc1nccn2c(-c3cccc(N)c3)cnc12. The first kappa shape index (κ1) is 12.5. The first-order chi connectivity index (χ1) is 9.65. The molecule has 0 spiro atoms. The molecule has 1 aromatic carbocycles. The maximum Gasteiger partial charge on any atom is 0.258 e. The van der Waals surface area contributed by atoms with Gasteiger partial charge in [-0.1, -0.05) is 12.1 Å². The Hall–Kier alpha value is -2.56. The summed E-state index contributed by atoms with van der Waals surface area (Å²) in [5, 5.41) is 0. The molecule has 3 aromatic rings. The number of nitrogens with zero attached hydrogens (tertiary/aromatic N) is 3. The van der Waals surface area contributed by atoms with Crippen molar-refractivity contribution in [2.75, 3.05) is 5.73 Å². The van der Waals surface area contributed by atoms with Crippen LogP contribution in [0.3, 0.4) is 0 Å². The summed E-state index contributed by atoms with van der Waals surface area (Å²) in [6.45, 7) is 3.93. The highest BCUT2D eigenvalue weighted by molar-refractivity contribution is 5.68. The third kappa shape index (κ3) is 2.18. The van der Waals surface area contributed by atoms with E-state index in [-0.39, 0.29) is 6.10 Å². The second-order valence-corrected chi connectivity index (χ2v) is 4.86. The van der Waals surface area contributed by atoms with Gasteiger partial charge in [-0.25, -0.2) is 9.97 Å². The zero-order chi connectivity index (χ0) is 14.1. The van der Waals surface area contributed by atoms with Gasteiger partial charge >= 0.3 is 0 Å². The highest BCUT2D eigenvalue weighted by Crippen LogP contribution is 2.25. The Bertz CT molecular complexity index is 748. The topological polar surface area (TPSA) is 65.4 Å². The zero-order valence-electron chi connectivity index (χ0n) is 11.4. The number of fused-ring (bicyclic) bond motifs is 1. The minimum atomic E-state index is 0.0567. The predicted octanol–water partition coefficient (Wildman–Crippen LogP) is 2.77. The van der Waals surface area contributed by atoms with E-state index in [1.165, 1.54) is 0 Å². The normalized spacial score (nSPS) is 11.2. The second kappa shape index (κ2) is 4.85. The highest BCUT2D eigenvalue weighted by Gasteiger charge is 2.12. The Morgan fingerprint density at radius 3 is 2.85 bits per heavy atom. The minimum absolute atomic E-state index is 0.0567. The summed E-state index contributed by atoms with van der Waals surface area (Å²) in [6.07, 6.45) is 5.44. The van der Waals surface area contributed by atoms with Gasteiger partial charge in [0.1, 0.15) is 0 Å². The van der Waals surface area contributed by atoms with Crippen LogP contribution < -0.4 is 10.5 Å². The van der Waals surface area contributed by atoms with Gasteiger partial charge in [0.05, 0.1) is 18.0 Å². The van der Waals surface area contributed by atoms with Crippen LogP contribution in [-0.4, -0.2) is 20.5 Å². The predicted molar refractivity (Wildman–Crippen MR) is 78.6 cm³/mol. The van der Waals surface area contributed by atoms with Crippen molar-refractivity contribution >= 4 is 11.3 Å². The third-order valence-corrected chi connectivity index (χ3v) is 2.93. The fourth-order valence-electron chi connectivity index (χ4n) is 2.11. The van der Waals surface area contributed by atoms with Crippen LogP contribution in [0.1, 0.15) is 13.8 Å². The van der Waals surface area contributed by atoms with E-state index >= 15 is 0 Å². The monoisotopic (exact) mass is 268 g/mol. The first-order valence-corrected chi connectivity index (χ1v) is 6.50. The molecule has 20 heavy (non-hydrogen) atoms. The summed E-state index contributed by atoms with van der Waals surface area (Å²) in [5.41, 5.74) is 9.25. The number of imidazole rings is 1. The Balaban J connectivity index is 2.15. The number of nitrogens with two attached hydrogens (primary N) is 1. The number of ether oxygens (including phenoxy) is 1. The quantitative estimate of drug-likeness (QED) is 0.742. The minimum Gasteiger partial charge on any atom is -0.472 e. The molecule has 0 bridgehead atoms. The van der Waals surface area contributed by atoms with Crippen LogP contribution in [0.25, 0.3) is 16.9 Å². The van der Waals surface area contributed by atoms with E-state index < -0.39 is 0 Å². The molecule has 0 fully saturated rings. The lowest BCUT2D eigenvalue weighted by molar-refractivity contribution is 0.234. The number of aromatic nitrogens is 3. The van der Waals surface area contributed by atoms with E-state index in [0.717, 1.165) is 16.9 Å². The van der Waals surface area contributed by atoms with Crippen molar-refractivity contribution in [1.82, 2.24) is 14.4 Å². The van der Waals surface area contributed by atoms with Gasteiger partial charge in [0.15, 0.2) is 0 Å². The molecule has 0 saturated heterocycles. The number of anilines is 1. The van der Waals surface area contributed by atoms with Gasteiger partial charge in [-0.3, -0.25) is 4.40 Å². The lowest BCUT2D eigenvalue weighted by Gasteiger charge is -2.09. The smallest absolute Gasteiger partial charge is 0.258 e. The van der Waals surface area contributed by atoms with Crippen LogP contribution in [0, 0.1) is 0 Å². The molecule has 0 aliphatic heterocycles. The lowest BCUT2D eigenvalue weighted by Crippen LogP contribution is -2.08. The maximum absolute atomic E-state index is 5.84. The Morgan fingerprint density at radius 2 is 2.10 bits per heavy atom. The zero-order valence-corrected chi connectivity index (χ0v) is 11.4. The summed E-state index contributed by atoms with van der Waals surface area (Å²) in [7, 11) is 0. The highest BCUT2D eigenvalue weighted by atomic mass is 16.5. The molecule has 5 heteroatoms. The van der Waals surface area contributed by atoms with Gasteiger partial charge in [-0.2, -0.15) is 0 Å². The summed E-state index contributed by atoms with van der Waals surface area (Å²) < 4.78 is 7.64. The third-order valence-electron chi connectivity index (χ3n) is 2.93. The molecule has 0 aliphatic carbocycles. The number of rotatable bonds is 3. The molecule has 2 N–H and O–H groups in total. The van der Waals surface area contributed by atoms with E-state index in [2.05, 4.69) is 9.97 Å². The standard InChI is InChI=1S/C15H16N4O/c1-10(2)20-15-14-18-9-13(19(14)7-6-17-15)11-4-3-5-12(16)8-11/h3-10H,16H2,1-2H3. The molecule has 102 valence electrons. The molecule has 0 radical (unpaired) electrons. The van der Waals surface area contributed by atoms with Crippen molar-refractivity contribution in [3.63, 3.8) is 0 Å². The lowest BCUT2D eigenvalue weighted by atomic mass is 10.1. The van der Waals surface area contributed by atoms with E-state index in [1.54, 1.807) is 12.4 Å². The number of hydrogen-bond donors (Lipinski definition) is 1. The summed E-state index contributed by atoms with van der Waals surface area (Å²) in [4.78, 5) is 8.65. The van der Waals surface area contributed by atoms with Crippen molar-refractivity contribution in [1.29, 1.82) is 0 Å². The van der Waals surface area contributed by atoms with Gasteiger partial charge in [0.2, 0.25) is 5.65 Å². The number of nitrogen functional groups attached to an aromatic ring is 1. The Labute approximate surface area is 117 Å². The van der Waals surface area contributed by atoms with Crippen molar-refractivity contribution in [2.45, 2.75) is 20.0 Å². The molecule has 5 nitrogen and oxygen atoms in total. The summed E-state index contributed by atoms with van der Waals surface area (Å²) >= 11 is 0. The van der Waals surface area contributed by atoms with Crippen molar-refractivity contribution in [2.24, 2.45) is 0 Å². The van der Waals surface area contributed by atoms with E-state index in [9.17, 15) is 0 Å². The average Bonchev–Trinajstić information content (AvgIpc) is 2.83. The van der Waals surface area contributed by atoms with Crippen molar-refractivity contribution in [3.05, 3.63) is 42.9 Å². The Morgan fingerprint density at radius 1 is 1.25 bits per heavy atom. The van der Waals surface area contributed by atoms with Crippen LogP contribution in [0.15, 0.2) is 42.9 Å². The summed E-state index contributed by atoms with van der Waals surface area (Å²) in [6, 6.07) is 7.72. The van der Waals surface area contributed by atoms with Crippen LogP contribution in [-0.2, 0) is 0 Å². The molecule has 3 rings (SSSR count). The van der Waals surface area contributed by atoms with Crippen LogP contribution in [0.5, 0.6) is 5.88 Å². The van der Waals surface area contributed by atoms with Crippen LogP contribution >= 0.6 is 0 Å². The molecule has 2 heterocycles. The van der Waals surface area contributed by atoms with E-state index in [0.29, 0.717) is 11.5 Å². The molecular formula is C15H16N4O. The van der Waals surface area contributed by atoms with E-state index in [1.807, 2.05) is 48.7 Å². The molecule has 0 amide bonds. The number of hydrogen-bond acceptors (Lipinski definition) is 4. The first-order valence-electron chi connectivity index (χ1n) is 6.50. The van der Waals surface area contributed by atoms with Gasteiger partial charge in [0, 0.05) is 23.6 Å². The van der Waals surface area contributed by atoms with Crippen molar-refractivity contribution < 1.29 is 4.74 Å². The second-order valence-electron chi connectivity index (χ2n) is 4.86. The maximum atomic E-state index is 5.84. The molecule has 0 aliphatic rings. The Kier molecular flexibility index (Phi) is 3.02. The summed E-state index contributed by atoms with van der Waals surface area (Å²) in [5.74, 6) is 0.539. The molecule has 0 atom stereocenters. The fourth-order valence-corrected chi connectivity index (χ4v) is 2.11. The van der Waals surface area contributed by atoms with Crippen molar-refractivity contribution in [3.8, 4) is 17.1 Å². The van der Waals surface area contributed by atoms with Gasteiger partial charge in [-0.05, 0) is 26.0 Å². The van der Waals surface area contributed by atoms with Crippen LogP contribution in [0.4, 0.5) is 5.69 Å². The van der Waals surface area contributed by atoms with Gasteiger partial charge in [-0.15, -0.1) is 0 Å². The van der Waals surface area contributed by atoms with Gasteiger partial charge in [0.25, 0.3) is 5.88 Å². The van der Waals surface area contributed by atoms with Gasteiger partial charge < -0.3 is 10.5 Å². The molecule has 0 unspecified atom stereocenters. The molecule has 0 saturated carbocycles. The number of benzene rings is 1. The largest absolute Gasteiger partial charge is 0.472 e.